The Morgan fingerprint density at radius 3 is 2.62 bits per heavy atom. The number of rotatable bonds is 9. The summed E-state index contributed by atoms with van der Waals surface area (Å²) in [5.41, 5.74) is 1.58. The highest BCUT2D eigenvalue weighted by atomic mass is 79.9. The van der Waals surface area contributed by atoms with Crippen LogP contribution in [0.15, 0.2) is 46.9 Å². The van der Waals surface area contributed by atoms with Gasteiger partial charge in [-0.05, 0) is 79.9 Å². The van der Waals surface area contributed by atoms with Crippen molar-refractivity contribution >= 4 is 50.8 Å². The van der Waals surface area contributed by atoms with Crippen molar-refractivity contribution in [3.63, 3.8) is 0 Å². The van der Waals surface area contributed by atoms with Gasteiger partial charge in [-0.3, -0.25) is 14.9 Å². The van der Waals surface area contributed by atoms with Crippen molar-refractivity contribution < 1.29 is 19.1 Å². The minimum absolute atomic E-state index is 0.0947. The molecule has 1 heterocycles. The lowest BCUT2D eigenvalue weighted by molar-refractivity contribution is 0.0857. The molecule has 9 heteroatoms. The summed E-state index contributed by atoms with van der Waals surface area (Å²) in [6.07, 6.45) is 2.99. The summed E-state index contributed by atoms with van der Waals surface area (Å²) >= 11 is 8.71. The summed E-state index contributed by atoms with van der Waals surface area (Å²) in [5.74, 6) is 0.479. The molecule has 2 aromatic rings. The van der Waals surface area contributed by atoms with Crippen molar-refractivity contribution in [2.45, 2.75) is 39.2 Å². The van der Waals surface area contributed by atoms with E-state index in [1.807, 2.05) is 6.07 Å². The lowest BCUT2D eigenvalue weighted by Gasteiger charge is -2.14. The Hall–Kier alpha value is -2.49. The maximum atomic E-state index is 12.8. The first kappa shape index (κ1) is 26.1. The summed E-state index contributed by atoms with van der Waals surface area (Å²) in [4.78, 5) is 25.2. The Labute approximate surface area is 214 Å². The molecule has 182 valence electrons. The van der Waals surface area contributed by atoms with Crippen molar-refractivity contribution in [2.75, 3.05) is 25.1 Å². The summed E-state index contributed by atoms with van der Waals surface area (Å²) < 4.78 is 12.1. The van der Waals surface area contributed by atoms with Crippen LogP contribution in [0.2, 0.25) is 0 Å². The number of benzene rings is 2. The van der Waals surface area contributed by atoms with Crippen LogP contribution >= 0.6 is 28.1 Å². The van der Waals surface area contributed by atoms with Gasteiger partial charge in [-0.2, -0.15) is 0 Å². The topological polar surface area (TPSA) is 88.7 Å². The van der Waals surface area contributed by atoms with Gasteiger partial charge in [0.25, 0.3) is 11.8 Å². The van der Waals surface area contributed by atoms with Crippen LogP contribution in [-0.4, -0.2) is 42.8 Å². The second-order valence-electron chi connectivity index (χ2n) is 8.50. The average molecular weight is 549 g/mol. The quantitative estimate of drug-likeness (QED) is 0.386. The zero-order chi connectivity index (χ0) is 24.5. The van der Waals surface area contributed by atoms with Crippen molar-refractivity contribution in [1.82, 2.24) is 10.6 Å². The molecule has 0 saturated carbocycles. The minimum Gasteiger partial charge on any atom is -0.493 e. The van der Waals surface area contributed by atoms with E-state index in [0.717, 1.165) is 30.3 Å². The summed E-state index contributed by atoms with van der Waals surface area (Å²) in [6.45, 7) is 6.02. The van der Waals surface area contributed by atoms with E-state index in [9.17, 15) is 9.59 Å². The van der Waals surface area contributed by atoms with Crippen LogP contribution < -0.4 is 20.7 Å². The van der Waals surface area contributed by atoms with Gasteiger partial charge in [0.2, 0.25) is 0 Å². The molecular weight excluding hydrogens is 518 g/mol. The molecule has 0 bridgehead atoms. The molecule has 1 saturated heterocycles. The van der Waals surface area contributed by atoms with Gasteiger partial charge in [0.15, 0.2) is 5.11 Å². The fraction of sp³-hybridized carbons (Fsp3) is 0.400. The highest BCUT2D eigenvalue weighted by molar-refractivity contribution is 9.10. The Balaban J connectivity index is 1.53. The predicted molar refractivity (Wildman–Crippen MR) is 141 cm³/mol. The van der Waals surface area contributed by atoms with E-state index < -0.39 is 0 Å². The largest absolute Gasteiger partial charge is 0.493 e. The van der Waals surface area contributed by atoms with Gasteiger partial charge in [-0.25, -0.2) is 0 Å². The third-order valence-corrected chi connectivity index (χ3v) is 5.98. The Bertz CT molecular complexity index is 1010. The van der Waals surface area contributed by atoms with Crippen molar-refractivity contribution in [2.24, 2.45) is 5.92 Å². The van der Waals surface area contributed by atoms with E-state index in [1.165, 1.54) is 0 Å². The van der Waals surface area contributed by atoms with E-state index in [2.05, 4.69) is 45.7 Å². The number of carbonyl (C=O) groups excluding carboxylic acids is 2. The molecule has 1 atom stereocenters. The number of hydrogen-bond donors (Lipinski definition) is 3. The Morgan fingerprint density at radius 2 is 1.94 bits per heavy atom. The van der Waals surface area contributed by atoms with Gasteiger partial charge >= 0.3 is 0 Å². The maximum Gasteiger partial charge on any atom is 0.261 e. The van der Waals surface area contributed by atoms with Gasteiger partial charge in [0.05, 0.1) is 18.3 Å². The summed E-state index contributed by atoms with van der Waals surface area (Å²) in [6, 6.07) is 12.2. The van der Waals surface area contributed by atoms with Crippen molar-refractivity contribution in [1.29, 1.82) is 0 Å². The number of anilines is 1. The highest BCUT2D eigenvalue weighted by Gasteiger charge is 2.17. The SMILES string of the molecule is CC(C)CCOc1ccc(Br)cc1C(=O)NC(=S)Nc1ccc(C(=O)NCC2CCCO2)cc1. The van der Waals surface area contributed by atoms with Crippen LogP contribution in [0.1, 0.15) is 53.8 Å². The van der Waals surface area contributed by atoms with E-state index in [0.29, 0.717) is 41.6 Å². The van der Waals surface area contributed by atoms with Crippen LogP contribution in [0.25, 0.3) is 0 Å². The molecule has 1 aliphatic rings. The van der Waals surface area contributed by atoms with Gasteiger partial charge < -0.3 is 20.1 Å². The molecule has 1 aliphatic heterocycles. The van der Waals surface area contributed by atoms with Gasteiger partial charge in [-0.1, -0.05) is 29.8 Å². The maximum absolute atomic E-state index is 12.8. The van der Waals surface area contributed by atoms with Gasteiger partial charge in [-0.15, -0.1) is 0 Å². The third kappa shape index (κ3) is 8.07. The van der Waals surface area contributed by atoms with Crippen LogP contribution in [0.3, 0.4) is 0 Å². The van der Waals surface area contributed by atoms with Crippen LogP contribution in [0, 0.1) is 5.92 Å². The molecule has 34 heavy (non-hydrogen) atoms. The normalized spacial score (nSPS) is 15.1. The van der Waals surface area contributed by atoms with E-state index in [4.69, 9.17) is 21.7 Å². The fourth-order valence-corrected chi connectivity index (χ4v) is 3.93. The predicted octanol–water partition coefficient (Wildman–Crippen LogP) is 4.91. The lowest BCUT2D eigenvalue weighted by Crippen LogP contribution is -2.34. The summed E-state index contributed by atoms with van der Waals surface area (Å²) in [7, 11) is 0. The van der Waals surface area contributed by atoms with Crippen molar-refractivity contribution in [3.05, 3.63) is 58.1 Å². The Kier molecular flexibility index (Phi) is 9.86. The Morgan fingerprint density at radius 1 is 1.18 bits per heavy atom. The van der Waals surface area contributed by atoms with E-state index in [1.54, 1.807) is 36.4 Å². The lowest BCUT2D eigenvalue weighted by atomic mass is 10.1. The van der Waals surface area contributed by atoms with Gasteiger partial charge in [0.1, 0.15) is 5.75 Å². The second kappa shape index (κ2) is 12.8. The minimum atomic E-state index is -0.372. The summed E-state index contributed by atoms with van der Waals surface area (Å²) in [5, 5.41) is 8.70. The molecule has 0 aromatic heterocycles. The number of thiocarbonyl (C=S) groups is 1. The third-order valence-electron chi connectivity index (χ3n) is 5.29. The molecule has 3 N–H and O–H groups in total. The van der Waals surface area contributed by atoms with Gasteiger partial charge in [0, 0.05) is 28.9 Å². The molecule has 0 spiro atoms. The first-order valence-corrected chi connectivity index (χ1v) is 12.6. The molecule has 1 fully saturated rings. The standard InChI is InChI=1S/C25H30BrN3O4S/c1-16(2)11-13-33-22-10-7-18(26)14-21(22)24(31)29-25(34)28-19-8-5-17(6-9-19)23(30)27-15-20-4-3-12-32-20/h5-10,14,16,20H,3-4,11-13,15H2,1-2H3,(H,27,30)(H2,28,29,31,34). The number of hydrogen-bond acceptors (Lipinski definition) is 5. The average Bonchev–Trinajstić information content (AvgIpc) is 3.32. The molecule has 0 radical (unpaired) electrons. The molecule has 3 rings (SSSR count). The van der Waals surface area contributed by atoms with Crippen LogP contribution in [0.4, 0.5) is 5.69 Å². The smallest absolute Gasteiger partial charge is 0.261 e. The van der Waals surface area contributed by atoms with E-state index >= 15 is 0 Å². The number of nitrogens with one attached hydrogen (secondary N) is 3. The number of amides is 2. The molecular formula is C25H30BrN3O4S. The number of halogens is 1. The number of ether oxygens (including phenoxy) is 2. The van der Waals surface area contributed by atoms with Crippen LogP contribution in [-0.2, 0) is 4.74 Å². The molecule has 1 unspecified atom stereocenters. The zero-order valence-corrected chi connectivity index (χ0v) is 21.8. The highest BCUT2D eigenvalue weighted by Crippen LogP contribution is 2.24. The van der Waals surface area contributed by atoms with E-state index in [-0.39, 0.29) is 23.0 Å². The molecule has 0 aliphatic carbocycles. The fourth-order valence-electron chi connectivity index (χ4n) is 3.36. The first-order valence-electron chi connectivity index (χ1n) is 11.4. The second-order valence-corrected chi connectivity index (χ2v) is 9.83. The number of carbonyl (C=O) groups is 2. The van der Waals surface area contributed by atoms with Crippen molar-refractivity contribution in [3.8, 4) is 5.75 Å². The zero-order valence-electron chi connectivity index (χ0n) is 19.4. The molecule has 2 aromatic carbocycles. The monoisotopic (exact) mass is 547 g/mol. The van der Waals surface area contributed by atoms with Crippen LogP contribution in [0.5, 0.6) is 5.75 Å². The molecule has 2 amide bonds. The first-order chi connectivity index (χ1) is 16.3. The molecule has 7 nitrogen and oxygen atoms in total.